The molecule has 0 aliphatic carbocycles. The Labute approximate surface area is 184 Å². The molecule has 0 radical (unpaired) electrons. The number of methoxy groups -OCH3 is 1. The van der Waals surface area contributed by atoms with Crippen LogP contribution in [-0.4, -0.2) is 39.4 Å². The van der Waals surface area contributed by atoms with Crippen molar-refractivity contribution in [3.8, 4) is 5.75 Å². The zero-order chi connectivity index (χ0) is 20.8. The average Bonchev–Trinajstić information content (AvgIpc) is 3.41. The second-order valence-electron chi connectivity index (χ2n) is 6.75. The van der Waals surface area contributed by atoms with Crippen molar-refractivity contribution in [2.75, 3.05) is 24.7 Å². The fraction of sp³-hybridized carbons (Fsp3) is 0.238. The zero-order valence-electron chi connectivity index (χ0n) is 16.6. The Hall–Kier alpha value is -2.46. The molecule has 7 nitrogen and oxygen atoms in total. The summed E-state index contributed by atoms with van der Waals surface area (Å²) < 4.78 is 7.25. The van der Waals surface area contributed by atoms with Gasteiger partial charge in [-0.2, -0.15) is 0 Å². The molecule has 0 fully saturated rings. The molecule has 30 heavy (non-hydrogen) atoms. The highest BCUT2D eigenvalue weighted by Crippen LogP contribution is 2.30. The number of para-hydroxylation sites is 3. The van der Waals surface area contributed by atoms with Crippen molar-refractivity contribution < 1.29 is 9.84 Å². The Morgan fingerprint density at radius 2 is 2.00 bits per heavy atom. The molecule has 1 aliphatic rings. The number of hydrogen-bond acceptors (Lipinski definition) is 8. The number of hydrogen-bond donors (Lipinski definition) is 5. The lowest BCUT2D eigenvalue weighted by Crippen LogP contribution is -2.25. The normalized spacial score (nSPS) is 14.9. The van der Waals surface area contributed by atoms with Crippen LogP contribution in [0, 0.1) is 0 Å². The number of fused-ring (bicyclic) bond motifs is 1. The summed E-state index contributed by atoms with van der Waals surface area (Å²) in [5.41, 5.74) is 6.35. The van der Waals surface area contributed by atoms with Crippen molar-refractivity contribution in [2.24, 2.45) is 0 Å². The summed E-state index contributed by atoms with van der Waals surface area (Å²) >= 11 is 3.10. The highest BCUT2D eigenvalue weighted by atomic mass is 32.2. The van der Waals surface area contributed by atoms with E-state index in [1.807, 2.05) is 46.4 Å². The Bertz CT molecular complexity index is 977. The van der Waals surface area contributed by atoms with E-state index in [1.165, 1.54) is 17.3 Å². The topological polar surface area (TPSA) is 84.6 Å². The third kappa shape index (κ3) is 5.37. The summed E-state index contributed by atoms with van der Waals surface area (Å²) in [5.74, 6) is 1.33. The molecule has 0 saturated heterocycles. The van der Waals surface area contributed by atoms with Crippen LogP contribution in [0.15, 0.2) is 65.8 Å². The zero-order valence-corrected chi connectivity index (χ0v) is 18.2. The molecule has 0 bridgehead atoms. The number of benzene rings is 2. The number of aromatic amines is 1. The fourth-order valence-electron chi connectivity index (χ4n) is 3.04. The third-order valence-electron chi connectivity index (χ3n) is 4.54. The lowest BCUT2D eigenvalue weighted by Gasteiger charge is -2.18. The predicted molar refractivity (Wildman–Crippen MR) is 126 cm³/mol. The van der Waals surface area contributed by atoms with E-state index in [2.05, 4.69) is 39.2 Å². The minimum atomic E-state index is -0.495. The van der Waals surface area contributed by atoms with E-state index in [0.29, 0.717) is 12.3 Å². The molecule has 0 saturated carbocycles. The highest BCUT2D eigenvalue weighted by molar-refractivity contribution is 8.13. The molecule has 1 aliphatic heterocycles. The first kappa shape index (κ1) is 20.8. The van der Waals surface area contributed by atoms with Gasteiger partial charge in [-0.1, -0.05) is 30.3 Å². The quantitative estimate of drug-likeness (QED) is 0.304. The van der Waals surface area contributed by atoms with Gasteiger partial charge in [0.25, 0.3) is 0 Å². The molecule has 9 heteroatoms. The van der Waals surface area contributed by atoms with Gasteiger partial charge in [-0.05, 0) is 41.6 Å². The summed E-state index contributed by atoms with van der Waals surface area (Å²) in [5, 5.41) is 19.2. The van der Waals surface area contributed by atoms with Crippen molar-refractivity contribution in [1.29, 1.82) is 0 Å². The molecule has 3 aromatic rings. The number of nitrogens with zero attached hydrogens (tertiary/aromatic N) is 1. The van der Waals surface area contributed by atoms with Gasteiger partial charge in [0.05, 0.1) is 25.4 Å². The van der Waals surface area contributed by atoms with Crippen LogP contribution in [0.1, 0.15) is 5.69 Å². The highest BCUT2D eigenvalue weighted by Gasteiger charge is 2.17. The van der Waals surface area contributed by atoms with E-state index in [-0.39, 0.29) is 0 Å². The Morgan fingerprint density at radius 1 is 1.17 bits per heavy atom. The maximum atomic E-state index is 10.3. The number of nitrogens with one attached hydrogen (secondary N) is 4. The molecule has 1 aromatic heterocycles. The average molecular weight is 444 g/mol. The maximum Gasteiger partial charge on any atom is 0.141 e. The van der Waals surface area contributed by atoms with Crippen molar-refractivity contribution in [1.82, 2.24) is 19.5 Å². The van der Waals surface area contributed by atoms with Gasteiger partial charge in [0.15, 0.2) is 0 Å². The number of ether oxygens (including phenoxy) is 1. The number of anilines is 1. The van der Waals surface area contributed by atoms with Crippen LogP contribution in [0.2, 0.25) is 0 Å². The Morgan fingerprint density at radius 3 is 2.87 bits per heavy atom. The largest absolute Gasteiger partial charge is 0.495 e. The van der Waals surface area contributed by atoms with Crippen LogP contribution < -0.4 is 20.8 Å². The molecule has 1 atom stereocenters. The molecule has 4 rings (SSSR count). The molecule has 0 amide bonds. The van der Waals surface area contributed by atoms with E-state index in [1.54, 1.807) is 19.1 Å². The second kappa shape index (κ2) is 10.0. The van der Waals surface area contributed by atoms with Gasteiger partial charge in [-0.3, -0.25) is 0 Å². The van der Waals surface area contributed by atoms with Gasteiger partial charge in [-0.25, -0.2) is 0 Å². The molecule has 1 unspecified atom stereocenters. The minimum absolute atomic E-state index is 0.449. The van der Waals surface area contributed by atoms with E-state index < -0.39 is 6.10 Å². The van der Waals surface area contributed by atoms with Gasteiger partial charge < -0.3 is 30.9 Å². The first-order valence-corrected chi connectivity index (χ1v) is 11.4. The molecular weight excluding hydrogens is 418 g/mol. The van der Waals surface area contributed by atoms with E-state index in [0.717, 1.165) is 34.2 Å². The molecule has 2 aromatic carbocycles. The SMILES string of the molecule is COc1ccccc1NCC(O)CSN1NC=C(NCc2cc3ccccc3[nH]2)S1. The van der Waals surface area contributed by atoms with Crippen LogP contribution in [0.4, 0.5) is 5.69 Å². The van der Waals surface area contributed by atoms with Gasteiger partial charge in [0.1, 0.15) is 10.8 Å². The first-order valence-electron chi connectivity index (χ1n) is 9.64. The van der Waals surface area contributed by atoms with Crippen molar-refractivity contribution in [2.45, 2.75) is 12.6 Å². The van der Waals surface area contributed by atoms with Crippen molar-refractivity contribution in [3.05, 3.63) is 71.5 Å². The van der Waals surface area contributed by atoms with Crippen LogP contribution in [0.25, 0.3) is 10.9 Å². The van der Waals surface area contributed by atoms with E-state index in [9.17, 15) is 5.11 Å². The van der Waals surface area contributed by atoms with Crippen LogP contribution in [-0.2, 0) is 6.54 Å². The first-order chi connectivity index (χ1) is 14.7. The minimum Gasteiger partial charge on any atom is -0.495 e. The summed E-state index contributed by atoms with van der Waals surface area (Å²) in [6.45, 7) is 1.17. The maximum absolute atomic E-state index is 10.3. The van der Waals surface area contributed by atoms with Crippen LogP contribution in [0.5, 0.6) is 5.75 Å². The number of rotatable bonds is 10. The number of aliphatic hydroxyl groups is 1. The summed E-state index contributed by atoms with van der Waals surface area (Å²) in [6, 6.07) is 18.1. The molecule has 2 heterocycles. The molecule has 5 N–H and O–H groups in total. The number of aromatic nitrogens is 1. The molecule has 0 spiro atoms. The van der Waals surface area contributed by atoms with Gasteiger partial charge in [-0.15, -0.1) is 3.82 Å². The number of H-pyrrole nitrogens is 1. The summed E-state index contributed by atoms with van der Waals surface area (Å²) in [7, 11) is 1.64. The van der Waals surface area contributed by atoms with Crippen LogP contribution in [0.3, 0.4) is 0 Å². The van der Waals surface area contributed by atoms with E-state index in [4.69, 9.17) is 4.74 Å². The molecular formula is C21H25N5O2S2. The van der Waals surface area contributed by atoms with Gasteiger partial charge in [0.2, 0.25) is 0 Å². The summed E-state index contributed by atoms with van der Waals surface area (Å²) in [6.07, 6.45) is 1.44. The smallest absolute Gasteiger partial charge is 0.141 e. The lowest BCUT2D eigenvalue weighted by atomic mass is 10.2. The number of hydrazine groups is 1. The van der Waals surface area contributed by atoms with Crippen LogP contribution >= 0.6 is 23.9 Å². The third-order valence-corrected chi connectivity index (χ3v) is 6.68. The lowest BCUT2D eigenvalue weighted by molar-refractivity contribution is 0.212. The van der Waals surface area contributed by atoms with E-state index >= 15 is 0 Å². The van der Waals surface area contributed by atoms with Gasteiger partial charge in [0, 0.05) is 41.7 Å². The molecule has 158 valence electrons. The fourth-order valence-corrected chi connectivity index (χ4v) is 4.76. The summed E-state index contributed by atoms with van der Waals surface area (Å²) in [4.78, 5) is 3.42. The predicted octanol–water partition coefficient (Wildman–Crippen LogP) is 3.65. The monoisotopic (exact) mass is 443 g/mol. The van der Waals surface area contributed by atoms with Crippen molar-refractivity contribution >= 4 is 40.5 Å². The number of aliphatic hydroxyl groups excluding tert-OH is 1. The van der Waals surface area contributed by atoms with Gasteiger partial charge >= 0.3 is 0 Å². The van der Waals surface area contributed by atoms with Crippen molar-refractivity contribution in [3.63, 3.8) is 0 Å². The Balaban J connectivity index is 1.16. The second-order valence-corrected chi connectivity index (χ2v) is 8.93. The Kier molecular flexibility index (Phi) is 6.96. The standard InChI is InChI=1S/C21H25N5O2S2/c1-28-20-9-5-4-8-19(20)22-12-17(27)14-29-26-24-13-21(30-26)23-11-16-10-15-6-2-3-7-18(15)25-16/h2-10,13,17,22-25,27H,11-12,14H2,1H3.